The molecule has 4 heterocycles. The Bertz CT molecular complexity index is 798. The van der Waals surface area contributed by atoms with Crippen LogP contribution < -0.4 is 4.90 Å². The van der Waals surface area contributed by atoms with Gasteiger partial charge in [0.05, 0.1) is 18.6 Å². The van der Waals surface area contributed by atoms with Crippen LogP contribution in [0.3, 0.4) is 0 Å². The lowest BCUT2D eigenvalue weighted by Gasteiger charge is -2.33. The SMILES string of the molecule is CC1CCN(c2nnc(SCC(=O)N3CCCCC3C)n2Cc2ccco2)CC1. The zero-order valence-electron chi connectivity index (χ0n) is 17.4. The number of carbonyl (C=O) groups excluding carboxylic acids is 1. The second-order valence-corrected chi connectivity index (χ2v) is 9.28. The first-order valence-electron chi connectivity index (χ1n) is 10.7. The van der Waals surface area contributed by atoms with Gasteiger partial charge in [0.2, 0.25) is 11.9 Å². The minimum Gasteiger partial charge on any atom is -0.467 e. The average molecular weight is 418 g/mol. The van der Waals surface area contributed by atoms with E-state index in [4.69, 9.17) is 4.42 Å². The lowest BCUT2D eigenvalue weighted by molar-refractivity contribution is -0.131. The van der Waals surface area contributed by atoms with Gasteiger partial charge in [0, 0.05) is 25.7 Å². The van der Waals surface area contributed by atoms with Crippen LogP contribution in [-0.2, 0) is 11.3 Å². The van der Waals surface area contributed by atoms with E-state index >= 15 is 0 Å². The second-order valence-electron chi connectivity index (χ2n) is 8.34. The van der Waals surface area contributed by atoms with Crippen LogP contribution in [0.1, 0.15) is 51.7 Å². The van der Waals surface area contributed by atoms with Crippen molar-refractivity contribution < 1.29 is 9.21 Å². The Labute approximate surface area is 176 Å². The molecule has 0 bridgehead atoms. The summed E-state index contributed by atoms with van der Waals surface area (Å²) in [6.45, 7) is 7.89. The number of nitrogens with zero attached hydrogens (tertiary/aromatic N) is 5. The molecule has 2 fully saturated rings. The second kappa shape index (κ2) is 9.24. The normalized spacial score (nSPS) is 21.0. The Hall–Kier alpha value is -1.96. The van der Waals surface area contributed by atoms with Gasteiger partial charge < -0.3 is 14.2 Å². The van der Waals surface area contributed by atoms with Gasteiger partial charge in [-0.2, -0.15) is 0 Å². The summed E-state index contributed by atoms with van der Waals surface area (Å²) in [5.74, 6) is 3.11. The molecule has 0 radical (unpaired) electrons. The van der Waals surface area contributed by atoms with Crippen LogP contribution in [-0.4, -0.2) is 57.0 Å². The molecule has 2 aliphatic heterocycles. The van der Waals surface area contributed by atoms with E-state index in [1.165, 1.54) is 31.0 Å². The van der Waals surface area contributed by atoms with Crippen molar-refractivity contribution in [3.63, 3.8) is 0 Å². The van der Waals surface area contributed by atoms with Crippen molar-refractivity contribution in [3.05, 3.63) is 24.2 Å². The molecule has 7 nitrogen and oxygen atoms in total. The molecule has 0 N–H and O–H groups in total. The van der Waals surface area contributed by atoms with Crippen LogP contribution >= 0.6 is 11.8 Å². The Morgan fingerprint density at radius 2 is 2.00 bits per heavy atom. The molecule has 1 unspecified atom stereocenters. The number of piperidine rings is 2. The van der Waals surface area contributed by atoms with E-state index in [1.807, 2.05) is 17.0 Å². The monoisotopic (exact) mass is 417 g/mol. The molecule has 0 aliphatic carbocycles. The largest absolute Gasteiger partial charge is 0.467 e. The van der Waals surface area contributed by atoms with Crippen molar-refractivity contribution in [1.82, 2.24) is 19.7 Å². The molecule has 2 saturated heterocycles. The van der Waals surface area contributed by atoms with E-state index in [0.717, 1.165) is 55.3 Å². The number of rotatable bonds is 6. The third-order valence-electron chi connectivity index (χ3n) is 6.11. The maximum absolute atomic E-state index is 12.8. The van der Waals surface area contributed by atoms with Gasteiger partial charge in [-0.3, -0.25) is 9.36 Å². The van der Waals surface area contributed by atoms with Crippen molar-refractivity contribution in [1.29, 1.82) is 0 Å². The summed E-state index contributed by atoms with van der Waals surface area (Å²) in [6, 6.07) is 4.20. The average Bonchev–Trinajstić information content (AvgIpc) is 3.38. The number of hydrogen-bond acceptors (Lipinski definition) is 6. The zero-order chi connectivity index (χ0) is 20.2. The molecule has 4 rings (SSSR count). The Morgan fingerprint density at radius 1 is 1.17 bits per heavy atom. The van der Waals surface area contributed by atoms with Crippen molar-refractivity contribution in [2.24, 2.45) is 5.92 Å². The van der Waals surface area contributed by atoms with Gasteiger partial charge >= 0.3 is 0 Å². The smallest absolute Gasteiger partial charge is 0.233 e. The summed E-state index contributed by atoms with van der Waals surface area (Å²) < 4.78 is 7.68. The van der Waals surface area contributed by atoms with E-state index in [0.29, 0.717) is 18.3 Å². The lowest BCUT2D eigenvalue weighted by atomic mass is 10.00. The van der Waals surface area contributed by atoms with Gasteiger partial charge in [-0.25, -0.2) is 0 Å². The number of furan rings is 1. The Morgan fingerprint density at radius 3 is 2.72 bits per heavy atom. The van der Waals surface area contributed by atoms with Gasteiger partial charge in [0.25, 0.3) is 0 Å². The molecule has 0 spiro atoms. The fraction of sp³-hybridized carbons (Fsp3) is 0.667. The van der Waals surface area contributed by atoms with Crippen molar-refractivity contribution >= 4 is 23.6 Å². The third-order valence-corrected chi connectivity index (χ3v) is 7.06. The molecule has 2 aromatic rings. The summed E-state index contributed by atoms with van der Waals surface area (Å²) in [5, 5.41) is 9.74. The quantitative estimate of drug-likeness (QED) is 0.669. The van der Waals surface area contributed by atoms with Gasteiger partial charge in [-0.15, -0.1) is 10.2 Å². The summed E-state index contributed by atoms with van der Waals surface area (Å²) in [7, 11) is 0. The van der Waals surface area contributed by atoms with Crippen LogP contribution in [0.25, 0.3) is 0 Å². The van der Waals surface area contributed by atoms with E-state index in [1.54, 1.807) is 6.26 Å². The molecule has 2 aromatic heterocycles. The van der Waals surface area contributed by atoms with Crippen molar-refractivity contribution in [3.8, 4) is 0 Å². The summed E-state index contributed by atoms with van der Waals surface area (Å²) in [6.07, 6.45) is 7.45. The minimum absolute atomic E-state index is 0.197. The van der Waals surface area contributed by atoms with E-state index < -0.39 is 0 Å². The fourth-order valence-electron chi connectivity index (χ4n) is 4.20. The maximum Gasteiger partial charge on any atom is 0.233 e. The van der Waals surface area contributed by atoms with Gasteiger partial charge in [-0.1, -0.05) is 18.7 Å². The summed E-state index contributed by atoms with van der Waals surface area (Å²) >= 11 is 1.49. The van der Waals surface area contributed by atoms with E-state index in [-0.39, 0.29) is 5.91 Å². The Balaban J connectivity index is 1.49. The minimum atomic E-state index is 0.197. The molecular formula is C21H31N5O2S. The first-order valence-corrected chi connectivity index (χ1v) is 11.7. The molecular weight excluding hydrogens is 386 g/mol. The first kappa shape index (κ1) is 20.3. The summed E-state index contributed by atoms with van der Waals surface area (Å²) in [5.41, 5.74) is 0. The molecule has 0 aromatic carbocycles. The predicted molar refractivity (Wildman–Crippen MR) is 114 cm³/mol. The molecule has 1 amide bonds. The van der Waals surface area contributed by atoms with Crippen LogP contribution in [0.15, 0.2) is 28.0 Å². The van der Waals surface area contributed by atoms with Crippen LogP contribution in [0.4, 0.5) is 5.95 Å². The van der Waals surface area contributed by atoms with Crippen molar-refractivity contribution in [2.75, 3.05) is 30.3 Å². The van der Waals surface area contributed by atoms with Crippen LogP contribution in [0.5, 0.6) is 0 Å². The van der Waals surface area contributed by atoms with E-state index in [9.17, 15) is 4.79 Å². The van der Waals surface area contributed by atoms with Gasteiger partial charge in [0.1, 0.15) is 5.76 Å². The number of amides is 1. The highest BCUT2D eigenvalue weighted by Gasteiger charge is 2.26. The lowest BCUT2D eigenvalue weighted by Crippen LogP contribution is -2.43. The molecule has 158 valence electrons. The number of likely N-dealkylation sites (tertiary alicyclic amines) is 1. The number of aromatic nitrogens is 3. The zero-order valence-corrected chi connectivity index (χ0v) is 18.2. The molecule has 1 atom stereocenters. The summed E-state index contributed by atoms with van der Waals surface area (Å²) in [4.78, 5) is 17.1. The van der Waals surface area contributed by atoms with Crippen LogP contribution in [0.2, 0.25) is 0 Å². The highest BCUT2D eigenvalue weighted by atomic mass is 32.2. The predicted octanol–water partition coefficient (Wildman–Crippen LogP) is 3.65. The van der Waals surface area contributed by atoms with Gasteiger partial charge in [0.15, 0.2) is 5.16 Å². The number of carbonyl (C=O) groups is 1. The first-order chi connectivity index (χ1) is 14.1. The van der Waals surface area contributed by atoms with Crippen LogP contribution in [0, 0.1) is 5.92 Å². The number of thioether (sulfide) groups is 1. The standard InChI is InChI=1S/C21H31N5O2S/c1-16-8-11-24(12-9-16)20-22-23-21(26(20)14-18-7-5-13-28-18)29-15-19(27)25-10-4-3-6-17(25)2/h5,7,13,16-17H,3-4,6,8-12,14-15H2,1-2H3. The fourth-order valence-corrected chi connectivity index (χ4v) is 5.02. The maximum atomic E-state index is 12.8. The Kier molecular flexibility index (Phi) is 6.47. The highest BCUT2D eigenvalue weighted by Crippen LogP contribution is 2.28. The van der Waals surface area contributed by atoms with Crippen molar-refractivity contribution in [2.45, 2.75) is 63.7 Å². The van der Waals surface area contributed by atoms with E-state index in [2.05, 4.69) is 33.5 Å². The molecule has 0 saturated carbocycles. The number of hydrogen-bond donors (Lipinski definition) is 0. The topological polar surface area (TPSA) is 67.4 Å². The molecule has 8 heteroatoms. The third kappa shape index (κ3) is 4.79. The molecule has 2 aliphatic rings. The molecule has 29 heavy (non-hydrogen) atoms. The highest BCUT2D eigenvalue weighted by molar-refractivity contribution is 7.99. The number of anilines is 1. The van der Waals surface area contributed by atoms with Gasteiger partial charge in [-0.05, 0) is 57.1 Å².